The van der Waals surface area contributed by atoms with Crippen molar-refractivity contribution in [3.8, 4) is 0 Å². The van der Waals surface area contributed by atoms with Crippen molar-refractivity contribution >= 4 is 22.3 Å². The standard InChI is InChI=1S/C15H14O2/c1-2-11(10-15(16)17)14-8-7-12-5-3-4-6-13(12)9-14/h3-10H,2H2,1H3,(H,16,17)/b11-10+. The van der Waals surface area contributed by atoms with Crippen LogP contribution in [0.4, 0.5) is 0 Å². The van der Waals surface area contributed by atoms with Gasteiger partial charge in [-0.05, 0) is 34.4 Å². The molecule has 0 saturated heterocycles. The van der Waals surface area contributed by atoms with Gasteiger partial charge in [-0.3, -0.25) is 0 Å². The molecule has 0 aliphatic carbocycles. The fraction of sp³-hybridized carbons (Fsp3) is 0.133. The van der Waals surface area contributed by atoms with Gasteiger partial charge in [-0.1, -0.05) is 43.3 Å². The van der Waals surface area contributed by atoms with E-state index in [1.165, 1.54) is 11.5 Å². The third kappa shape index (κ3) is 2.53. The van der Waals surface area contributed by atoms with Crippen molar-refractivity contribution in [2.45, 2.75) is 13.3 Å². The van der Waals surface area contributed by atoms with E-state index in [0.717, 1.165) is 16.5 Å². The molecule has 2 aromatic carbocycles. The molecule has 0 radical (unpaired) electrons. The minimum absolute atomic E-state index is 0.713. The zero-order valence-electron chi connectivity index (χ0n) is 9.68. The molecule has 0 fully saturated rings. The summed E-state index contributed by atoms with van der Waals surface area (Å²) in [5, 5.41) is 11.1. The Kier molecular flexibility index (Phi) is 3.24. The van der Waals surface area contributed by atoms with Crippen LogP contribution in [-0.4, -0.2) is 11.1 Å². The first kappa shape index (κ1) is 11.4. The van der Waals surface area contributed by atoms with Crippen LogP contribution in [0.2, 0.25) is 0 Å². The van der Waals surface area contributed by atoms with Crippen LogP contribution in [-0.2, 0) is 4.79 Å². The van der Waals surface area contributed by atoms with Gasteiger partial charge in [0.2, 0.25) is 0 Å². The maximum Gasteiger partial charge on any atom is 0.328 e. The fourth-order valence-corrected chi connectivity index (χ4v) is 1.93. The van der Waals surface area contributed by atoms with Crippen LogP contribution < -0.4 is 0 Å². The highest BCUT2D eigenvalue weighted by molar-refractivity contribution is 5.92. The average molecular weight is 226 g/mol. The first-order valence-corrected chi connectivity index (χ1v) is 5.63. The van der Waals surface area contributed by atoms with Gasteiger partial charge in [0.1, 0.15) is 0 Å². The summed E-state index contributed by atoms with van der Waals surface area (Å²) in [5.41, 5.74) is 1.83. The highest BCUT2D eigenvalue weighted by Gasteiger charge is 2.03. The van der Waals surface area contributed by atoms with E-state index in [9.17, 15) is 4.79 Å². The number of fused-ring (bicyclic) bond motifs is 1. The molecule has 0 aliphatic rings. The Labute approximate surface area is 100 Å². The van der Waals surface area contributed by atoms with E-state index in [0.29, 0.717) is 6.42 Å². The Hall–Kier alpha value is -2.09. The SMILES string of the molecule is CC/C(=C\C(=O)O)c1ccc2ccccc2c1. The van der Waals surface area contributed by atoms with Gasteiger partial charge in [-0.25, -0.2) is 4.79 Å². The summed E-state index contributed by atoms with van der Waals surface area (Å²) in [6, 6.07) is 14.1. The monoisotopic (exact) mass is 226 g/mol. The summed E-state index contributed by atoms with van der Waals surface area (Å²) < 4.78 is 0. The lowest BCUT2D eigenvalue weighted by atomic mass is 9.99. The predicted molar refractivity (Wildman–Crippen MR) is 69.9 cm³/mol. The van der Waals surface area contributed by atoms with Crippen LogP contribution in [0.3, 0.4) is 0 Å². The minimum atomic E-state index is -0.894. The number of carboxylic acid groups (broad SMARTS) is 1. The Morgan fingerprint density at radius 2 is 1.88 bits per heavy atom. The first-order valence-electron chi connectivity index (χ1n) is 5.63. The lowest BCUT2D eigenvalue weighted by molar-refractivity contribution is -0.131. The predicted octanol–water partition coefficient (Wildman–Crippen LogP) is 3.72. The number of benzene rings is 2. The van der Waals surface area contributed by atoms with Gasteiger partial charge in [0.25, 0.3) is 0 Å². The highest BCUT2D eigenvalue weighted by atomic mass is 16.4. The lowest BCUT2D eigenvalue weighted by Gasteiger charge is -2.06. The fourth-order valence-electron chi connectivity index (χ4n) is 1.93. The number of hydrogen-bond acceptors (Lipinski definition) is 1. The number of hydrogen-bond donors (Lipinski definition) is 1. The van der Waals surface area contributed by atoms with Crippen LogP contribution in [0, 0.1) is 0 Å². The van der Waals surface area contributed by atoms with Crippen molar-refractivity contribution in [3.63, 3.8) is 0 Å². The Bertz CT molecular complexity index is 582. The number of rotatable bonds is 3. The van der Waals surface area contributed by atoms with Crippen molar-refractivity contribution in [2.75, 3.05) is 0 Å². The molecule has 0 bridgehead atoms. The number of carbonyl (C=O) groups is 1. The van der Waals surface area contributed by atoms with Crippen LogP contribution in [0.25, 0.3) is 16.3 Å². The summed E-state index contributed by atoms with van der Waals surface area (Å²) >= 11 is 0. The van der Waals surface area contributed by atoms with Crippen molar-refractivity contribution in [1.82, 2.24) is 0 Å². The van der Waals surface area contributed by atoms with Gasteiger partial charge in [0, 0.05) is 6.08 Å². The molecule has 0 amide bonds. The van der Waals surface area contributed by atoms with Crippen molar-refractivity contribution in [2.24, 2.45) is 0 Å². The van der Waals surface area contributed by atoms with Crippen molar-refractivity contribution in [3.05, 3.63) is 54.1 Å². The van der Waals surface area contributed by atoms with Gasteiger partial charge in [-0.15, -0.1) is 0 Å². The van der Waals surface area contributed by atoms with Gasteiger partial charge >= 0.3 is 5.97 Å². The topological polar surface area (TPSA) is 37.3 Å². The summed E-state index contributed by atoms with van der Waals surface area (Å²) in [6.07, 6.45) is 1.99. The molecular weight excluding hydrogens is 212 g/mol. The molecule has 2 rings (SSSR count). The zero-order valence-corrected chi connectivity index (χ0v) is 9.68. The first-order chi connectivity index (χ1) is 8.20. The van der Waals surface area contributed by atoms with E-state index < -0.39 is 5.97 Å². The maximum absolute atomic E-state index is 10.7. The van der Waals surface area contributed by atoms with E-state index in [1.54, 1.807) is 0 Å². The molecule has 2 aromatic rings. The molecule has 0 unspecified atom stereocenters. The Morgan fingerprint density at radius 1 is 1.18 bits per heavy atom. The molecule has 0 heterocycles. The van der Waals surface area contributed by atoms with E-state index >= 15 is 0 Å². The second-order valence-corrected chi connectivity index (χ2v) is 3.92. The molecular formula is C15H14O2. The molecule has 0 aromatic heterocycles. The van der Waals surface area contributed by atoms with E-state index in [4.69, 9.17) is 5.11 Å². The molecule has 17 heavy (non-hydrogen) atoms. The van der Waals surface area contributed by atoms with Crippen LogP contribution in [0.5, 0.6) is 0 Å². The Morgan fingerprint density at radius 3 is 2.53 bits per heavy atom. The second-order valence-electron chi connectivity index (χ2n) is 3.92. The van der Waals surface area contributed by atoms with E-state index in [-0.39, 0.29) is 0 Å². The maximum atomic E-state index is 10.7. The molecule has 0 saturated carbocycles. The van der Waals surface area contributed by atoms with Crippen LogP contribution in [0.15, 0.2) is 48.5 Å². The second kappa shape index (κ2) is 4.83. The van der Waals surface area contributed by atoms with Gasteiger partial charge in [0.05, 0.1) is 0 Å². The smallest absolute Gasteiger partial charge is 0.328 e. The van der Waals surface area contributed by atoms with Crippen molar-refractivity contribution < 1.29 is 9.90 Å². The summed E-state index contributed by atoms with van der Waals surface area (Å²) in [5.74, 6) is -0.894. The van der Waals surface area contributed by atoms with E-state index in [1.807, 2.05) is 49.4 Å². The zero-order chi connectivity index (χ0) is 12.3. The Balaban J connectivity index is 2.51. The average Bonchev–Trinajstić information content (AvgIpc) is 2.35. The highest BCUT2D eigenvalue weighted by Crippen LogP contribution is 2.23. The van der Waals surface area contributed by atoms with E-state index in [2.05, 4.69) is 0 Å². The van der Waals surface area contributed by atoms with Crippen LogP contribution in [0.1, 0.15) is 18.9 Å². The summed E-state index contributed by atoms with van der Waals surface area (Å²) in [7, 11) is 0. The summed E-state index contributed by atoms with van der Waals surface area (Å²) in [6.45, 7) is 1.96. The lowest BCUT2D eigenvalue weighted by Crippen LogP contribution is -1.92. The van der Waals surface area contributed by atoms with Crippen molar-refractivity contribution in [1.29, 1.82) is 0 Å². The summed E-state index contributed by atoms with van der Waals surface area (Å²) in [4.78, 5) is 10.7. The van der Waals surface area contributed by atoms with Crippen LogP contribution >= 0.6 is 0 Å². The van der Waals surface area contributed by atoms with Gasteiger partial charge in [0.15, 0.2) is 0 Å². The largest absolute Gasteiger partial charge is 0.478 e. The van der Waals surface area contributed by atoms with Gasteiger partial charge < -0.3 is 5.11 Å². The molecule has 0 spiro atoms. The number of aliphatic carboxylic acids is 1. The molecule has 2 nitrogen and oxygen atoms in total. The number of allylic oxidation sites excluding steroid dienone is 1. The molecule has 1 N–H and O–H groups in total. The third-order valence-electron chi connectivity index (χ3n) is 2.80. The minimum Gasteiger partial charge on any atom is -0.478 e. The normalized spacial score (nSPS) is 11.7. The molecule has 86 valence electrons. The molecule has 2 heteroatoms. The number of carboxylic acids is 1. The molecule has 0 atom stereocenters. The molecule has 0 aliphatic heterocycles. The van der Waals surface area contributed by atoms with Gasteiger partial charge in [-0.2, -0.15) is 0 Å². The quantitative estimate of drug-likeness (QED) is 0.810. The third-order valence-corrected chi connectivity index (χ3v) is 2.80.